The van der Waals surface area contributed by atoms with Crippen LogP contribution in [-0.2, 0) is 0 Å². The number of aryl methyl sites for hydroxylation is 1. The smallest absolute Gasteiger partial charge is 0.223 e. The summed E-state index contributed by atoms with van der Waals surface area (Å²) in [7, 11) is 0. The molecule has 0 aromatic carbocycles. The number of rotatable bonds is 3. The van der Waals surface area contributed by atoms with Gasteiger partial charge in [-0.05, 0) is 32.1 Å². The largest absolute Gasteiger partial charge is 0.350 e. The molecule has 1 aromatic rings. The third-order valence-corrected chi connectivity index (χ3v) is 4.03. The van der Waals surface area contributed by atoms with Gasteiger partial charge in [-0.25, -0.2) is 9.97 Å². The van der Waals surface area contributed by atoms with Crippen molar-refractivity contribution in [1.82, 2.24) is 9.97 Å². The highest BCUT2D eigenvalue weighted by Crippen LogP contribution is 2.29. The van der Waals surface area contributed by atoms with Crippen LogP contribution in [0.25, 0.3) is 0 Å². The van der Waals surface area contributed by atoms with Crippen LogP contribution in [0.1, 0.15) is 25.0 Å². The minimum Gasteiger partial charge on any atom is -0.350 e. The van der Waals surface area contributed by atoms with Crippen LogP contribution in [0.15, 0.2) is 12.3 Å². The molecule has 2 unspecified atom stereocenters. The second-order valence-electron chi connectivity index (χ2n) is 3.98. The zero-order valence-corrected chi connectivity index (χ0v) is 10.0. The van der Waals surface area contributed by atoms with Gasteiger partial charge in [0.25, 0.3) is 0 Å². The molecule has 1 fully saturated rings. The Morgan fingerprint density at radius 3 is 3.07 bits per heavy atom. The standard InChI is InChI=1S/C11H17N3S/c1-8-6-7-12-11(13-8)14-9-4-3-5-10(9)15-2/h6-7,9-10H,3-5H2,1-2H3,(H,12,13,14). The Morgan fingerprint density at radius 1 is 1.47 bits per heavy atom. The van der Waals surface area contributed by atoms with Crippen molar-refractivity contribution in [3.05, 3.63) is 18.0 Å². The molecule has 0 aliphatic heterocycles. The first-order valence-corrected chi connectivity index (χ1v) is 6.67. The van der Waals surface area contributed by atoms with Crippen LogP contribution < -0.4 is 5.32 Å². The first kappa shape index (κ1) is 10.7. The highest BCUT2D eigenvalue weighted by Gasteiger charge is 2.26. The Bertz CT molecular complexity index is 329. The fourth-order valence-corrected chi connectivity index (χ4v) is 2.99. The Balaban J connectivity index is 2.02. The lowest BCUT2D eigenvalue weighted by atomic mass is 10.2. The summed E-state index contributed by atoms with van der Waals surface area (Å²) in [5.74, 6) is 0.779. The first-order chi connectivity index (χ1) is 7.29. The lowest BCUT2D eigenvalue weighted by Gasteiger charge is -2.18. The Labute approximate surface area is 95.1 Å². The van der Waals surface area contributed by atoms with E-state index in [-0.39, 0.29) is 0 Å². The van der Waals surface area contributed by atoms with Crippen molar-refractivity contribution in [1.29, 1.82) is 0 Å². The van der Waals surface area contributed by atoms with E-state index in [9.17, 15) is 0 Å². The number of nitrogens with zero attached hydrogens (tertiary/aromatic N) is 2. The van der Waals surface area contributed by atoms with Crippen LogP contribution in [-0.4, -0.2) is 27.5 Å². The molecule has 82 valence electrons. The number of hydrogen-bond acceptors (Lipinski definition) is 4. The minimum absolute atomic E-state index is 0.543. The lowest BCUT2D eigenvalue weighted by molar-refractivity contribution is 0.755. The SMILES string of the molecule is CSC1CCCC1Nc1nccc(C)n1. The van der Waals surface area contributed by atoms with E-state index in [0.717, 1.165) is 11.6 Å². The van der Waals surface area contributed by atoms with Crippen molar-refractivity contribution in [2.75, 3.05) is 11.6 Å². The third kappa shape index (κ3) is 2.62. The summed E-state index contributed by atoms with van der Waals surface area (Å²) in [6.45, 7) is 1.99. The quantitative estimate of drug-likeness (QED) is 0.854. The fraction of sp³-hybridized carbons (Fsp3) is 0.636. The van der Waals surface area contributed by atoms with Gasteiger partial charge in [0, 0.05) is 23.2 Å². The van der Waals surface area contributed by atoms with Gasteiger partial charge in [-0.15, -0.1) is 0 Å². The molecule has 2 atom stereocenters. The topological polar surface area (TPSA) is 37.8 Å². The van der Waals surface area contributed by atoms with Crippen molar-refractivity contribution >= 4 is 17.7 Å². The van der Waals surface area contributed by atoms with Crippen LogP contribution in [0.5, 0.6) is 0 Å². The van der Waals surface area contributed by atoms with Crippen LogP contribution in [0, 0.1) is 6.92 Å². The van der Waals surface area contributed by atoms with Crippen molar-refractivity contribution in [2.45, 2.75) is 37.5 Å². The number of hydrogen-bond donors (Lipinski definition) is 1. The molecule has 2 rings (SSSR count). The summed E-state index contributed by atoms with van der Waals surface area (Å²) in [6.07, 6.45) is 7.86. The zero-order chi connectivity index (χ0) is 10.7. The summed E-state index contributed by atoms with van der Waals surface area (Å²) in [5, 5.41) is 4.16. The zero-order valence-electron chi connectivity index (χ0n) is 9.23. The van der Waals surface area contributed by atoms with Crippen LogP contribution in [0.2, 0.25) is 0 Å². The average molecular weight is 223 g/mol. The molecule has 1 heterocycles. The van der Waals surface area contributed by atoms with Crippen LogP contribution >= 0.6 is 11.8 Å². The molecule has 1 aliphatic carbocycles. The molecule has 0 saturated heterocycles. The Kier molecular flexibility index (Phi) is 3.46. The molecular formula is C11H17N3S. The second kappa shape index (κ2) is 4.84. The molecule has 15 heavy (non-hydrogen) atoms. The third-order valence-electron chi connectivity index (χ3n) is 2.86. The van der Waals surface area contributed by atoms with Crippen molar-refractivity contribution < 1.29 is 0 Å². The van der Waals surface area contributed by atoms with E-state index in [1.54, 1.807) is 0 Å². The monoisotopic (exact) mass is 223 g/mol. The second-order valence-corrected chi connectivity index (χ2v) is 5.05. The predicted octanol–water partition coefficient (Wildman–Crippen LogP) is 2.48. The van der Waals surface area contributed by atoms with Crippen molar-refractivity contribution in [2.24, 2.45) is 0 Å². The first-order valence-electron chi connectivity index (χ1n) is 5.38. The molecule has 0 radical (unpaired) electrons. The van der Waals surface area contributed by atoms with Gasteiger partial charge < -0.3 is 5.32 Å². The van der Waals surface area contributed by atoms with Gasteiger partial charge in [0.2, 0.25) is 5.95 Å². The van der Waals surface area contributed by atoms with E-state index in [0.29, 0.717) is 11.3 Å². The molecule has 1 N–H and O–H groups in total. The van der Waals surface area contributed by atoms with Crippen LogP contribution in [0.3, 0.4) is 0 Å². The molecule has 1 aromatic heterocycles. The summed E-state index contributed by atoms with van der Waals surface area (Å²) in [6, 6.07) is 2.47. The molecular weight excluding hydrogens is 206 g/mol. The number of anilines is 1. The molecule has 0 bridgehead atoms. The number of aromatic nitrogens is 2. The van der Waals surface area contributed by atoms with Gasteiger partial charge >= 0.3 is 0 Å². The van der Waals surface area contributed by atoms with Gasteiger partial charge in [0.15, 0.2) is 0 Å². The van der Waals surface area contributed by atoms with Gasteiger partial charge in [0.05, 0.1) is 0 Å². The van der Waals surface area contributed by atoms with Crippen molar-refractivity contribution in [3.8, 4) is 0 Å². The number of thioether (sulfide) groups is 1. The lowest BCUT2D eigenvalue weighted by Crippen LogP contribution is -2.26. The van der Waals surface area contributed by atoms with E-state index in [1.807, 2.05) is 30.9 Å². The molecule has 1 aliphatic rings. The average Bonchev–Trinajstić information content (AvgIpc) is 2.65. The minimum atomic E-state index is 0.543. The normalized spacial score (nSPS) is 25.5. The van der Waals surface area contributed by atoms with Crippen LogP contribution in [0.4, 0.5) is 5.95 Å². The molecule has 0 spiro atoms. The maximum atomic E-state index is 4.37. The predicted molar refractivity (Wildman–Crippen MR) is 65.3 cm³/mol. The maximum absolute atomic E-state index is 4.37. The van der Waals surface area contributed by atoms with E-state index >= 15 is 0 Å². The maximum Gasteiger partial charge on any atom is 0.223 e. The number of nitrogens with one attached hydrogen (secondary N) is 1. The highest BCUT2D eigenvalue weighted by atomic mass is 32.2. The Hall–Kier alpha value is -0.770. The summed E-state index contributed by atoms with van der Waals surface area (Å²) < 4.78 is 0. The van der Waals surface area contributed by atoms with E-state index < -0.39 is 0 Å². The summed E-state index contributed by atoms with van der Waals surface area (Å²) in [4.78, 5) is 8.61. The molecule has 3 nitrogen and oxygen atoms in total. The molecule has 0 amide bonds. The van der Waals surface area contributed by atoms with Gasteiger partial charge in [0.1, 0.15) is 0 Å². The highest BCUT2D eigenvalue weighted by molar-refractivity contribution is 7.99. The van der Waals surface area contributed by atoms with Gasteiger partial charge in [-0.2, -0.15) is 11.8 Å². The molecule has 4 heteroatoms. The van der Waals surface area contributed by atoms with Gasteiger partial charge in [-0.3, -0.25) is 0 Å². The summed E-state index contributed by atoms with van der Waals surface area (Å²) >= 11 is 1.95. The summed E-state index contributed by atoms with van der Waals surface area (Å²) in [5.41, 5.74) is 1.02. The Morgan fingerprint density at radius 2 is 2.33 bits per heavy atom. The van der Waals surface area contributed by atoms with E-state index in [2.05, 4.69) is 21.5 Å². The van der Waals surface area contributed by atoms with E-state index in [1.165, 1.54) is 19.3 Å². The van der Waals surface area contributed by atoms with E-state index in [4.69, 9.17) is 0 Å². The van der Waals surface area contributed by atoms with Gasteiger partial charge in [-0.1, -0.05) is 6.42 Å². The molecule has 1 saturated carbocycles. The van der Waals surface area contributed by atoms with Crippen molar-refractivity contribution in [3.63, 3.8) is 0 Å². The fourth-order valence-electron chi connectivity index (χ4n) is 2.06.